The molecule has 0 bridgehead atoms. The number of nitrogens with one attached hydrogen (secondary N) is 1. The van der Waals surface area contributed by atoms with Gasteiger partial charge in [-0.1, -0.05) is 19.3 Å². The molecule has 2 aliphatic rings. The Hall–Kier alpha value is -1.63. The van der Waals surface area contributed by atoms with Crippen molar-refractivity contribution in [2.24, 2.45) is 0 Å². The van der Waals surface area contributed by atoms with Crippen LogP contribution in [0.2, 0.25) is 0 Å². The molecule has 0 radical (unpaired) electrons. The number of carboxylic acids is 1. The first-order chi connectivity index (χ1) is 10.6. The van der Waals surface area contributed by atoms with Gasteiger partial charge in [0.2, 0.25) is 0 Å². The SMILES string of the molecule is O=C(O)CN1CCCc2sc(NC3CCCCC3)nc2C1=O. The number of carbonyl (C=O) groups excluding carboxylic acids is 1. The summed E-state index contributed by atoms with van der Waals surface area (Å²) in [5, 5.41) is 13.2. The zero-order valence-corrected chi connectivity index (χ0v) is 13.3. The lowest BCUT2D eigenvalue weighted by molar-refractivity contribution is -0.137. The molecule has 0 unspecified atom stereocenters. The molecule has 1 aromatic rings. The van der Waals surface area contributed by atoms with Gasteiger partial charge in [-0.3, -0.25) is 9.59 Å². The van der Waals surface area contributed by atoms with Gasteiger partial charge in [-0.05, 0) is 25.7 Å². The highest BCUT2D eigenvalue weighted by Gasteiger charge is 2.28. The number of thiazole rings is 1. The van der Waals surface area contributed by atoms with E-state index < -0.39 is 5.97 Å². The Morgan fingerprint density at radius 2 is 2.09 bits per heavy atom. The van der Waals surface area contributed by atoms with Gasteiger partial charge in [0.15, 0.2) is 5.13 Å². The van der Waals surface area contributed by atoms with Gasteiger partial charge in [0.1, 0.15) is 12.2 Å². The molecule has 7 heteroatoms. The van der Waals surface area contributed by atoms with Crippen molar-refractivity contribution in [3.63, 3.8) is 0 Å². The molecule has 0 saturated heterocycles. The van der Waals surface area contributed by atoms with Crippen molar-refractivity contribution >= 4 is 28.3 Å². The average Bonchev–Trinajstić information content (AvgIpc) is 2.83. The van der Waals surface area contributed by atoms with E-state index in [2.05, 4.69) is 10.3 Å². The van der Waals surface area contributed by atoms with Crippen molar-refractivity contribution in [3.8, 4) is 0 Å². The third-order valence-electron chi connectivity index (χ3n) is 4.28. The molecule has 1 aromatic heterocycles. The number of hydrogen-bond acceptors (Lipinski definition) is 5. The van der Waals surface area contributed by atoms with Crippen molar-refractivity contribution < 1.29 is 14.7 Å². The molecule has 22 heavy (non-hydrogen) atoms. The summed E-state index contributed by atoms with van der Waals surface area (Å²) < 4.78 is 0. The maximum Gasteiger partial charge on any atom is 0.323 e. The van der Waals surface area contributed by atoms with Crippen LogP contribution in [0.5, 0.6) is 0 Å². The first-order valence-corrected chi connectivity index (χ1v) is 8.72. The van der Waals surface area contributed by atoms with Gasteiger partial charge in [-0.2, -0.15) is 0 Å². The molecule has 1 aliphatic heterocycles. The molecule has 0 atom stereocenters. The first kappa shape index (κ1) is 15.3. The number of aromatic nitrogens is 1. The molecule has 1 aliphatic carbocycles. The van der Waals surface area contributed by atoms with Crippen LogP contribution in [0.3, 0.4) is 0 Å². The monoisotopic (exact) mass is 323 g/mol. The lowest BCUT2D eigenvalue weighted by Crippen LogP contribution is -2.35. The average molecular weight is 323 g/mol. The van der Waals surface area contributed by atoms with Crippen LogP contribution in [0, 0.1) is 0 Å². The van der Waals surface area contributed by atoms with Crippen molar-refractivity contribution in [1.29, 1.82) is 0 Å². The number of carbonyl (C=O) groups is 2. The summed E-state index contributed by atoms with van der Waals surface area (Å²) in [4.78, 5) is 30.2. The molecule has 1 saturated carbocycles. The second-order valence-electron chi connectivity index (χ2n) is 5.99. The largest absolute Gasteiger partial charge is 0.480 e. The molecule has 0 spiro atoms. The van der Waals surface area contributed by atoms with Crippen molar-refractivity contribution in [2.45, 2.75) is 51.0 Å². The second-order valence-corrected chi connectivity index (χ2v) is 7.08. The molecular formula is C15H21N3O3S. The Bertz CT molecular complexity index is 566. The summed E-state index contributed by atoms with van der Waals surface area (Å²) in [5.74, 6) is -1.23. The smallest absolute Gasteiger partial charge is 0.323 e. The van der Waals surface area contributed by atoms with Crippen LogP contribution in [0.4, 0.5) is 5.13 Å². The summed E-state index contributed by atoms with van der Waals surface area (Å²) in [5.41, 5.74) is 0.446. The summed E-state index contributed by atoms with van der Waals surface area (Å²) in [7, 11) is 0. The second kappa shape index (κ2) is 6.64. The number of anilines is 1. The third kappa shape index (κ3) is 3.40. The number of fused-ring (bicyclic) bond motifs is 1. The van der Waals surface area contributed by atoms with Gasteiger partial charge in [-0.25, -0.2) is 4.98 Å². The fourth-order valence-corrected chi connectivity index (χ4v) is 4.24. The molecule has 3 rings (SSSR count). The molecule has 2 heterocycles. The predicted molar refractivity (Wildman–Crippen MR) is 84.5 cm³/mol. The minimum Gasteiger partial charge on any atom is -0.480 e. The summed E-state index contributed by atoms with van der Waals surface area (Å²) in [6.45, 7) is 0.237. The topological polar surface area (TPSA) is 82.5 Å². The van der Waals surface area contributed by atoms with Gasteiger partial charge in [0.05, 0.1) is 0 Å². The normalized spacial score (nSPS) is 19.6. The zero-order chi connectivity index (χ0) is 15.5. The maximum atomic E-state index is 12.5. The molecule has 6 nitrogen and oxygen atoms in total. The van der Waals surface area contributed by atoms with E-state index in [1.54, 1.807) is 11.3 Å². The van der Waals surface area contributed by atoms with Crippen LogP contribution in [-0.4, -0.2) is 46.0 Å². The Kier molecular flexibility index (Phi) is 4.61. The molecule has 2 N–H and O–H groups in total. The number of carboxylic acid groups (broad SMARTS) is 1. The van der Waals surface area contributed by atoms with E-state index in [4.69, 9.17) is 5.11 Å². The van der Waals surface area contributed by atoms with Gasteiger partial charge in [-0.15, -0.1) is 11.3 Å². The number of aliphatic carboxylic acids is 1. The van der Waals surface area contributed by atoms with E-state index in [1.807, 2.05) is 0 Å². The fourth-order valence-electron chi connectivity index (χ4n) is 3.17. The van der Waals surface area contributed by atoms with Crippen LogP contribution in [0.25, 0.3) is 0 Å². The van der Waals surface area contributed by atoms with Gasteiger partial charge in [0.25, 0.3) is 5.91 Å². The summed E-state index contributed by atoms with van der Waals surface area (Å²) >= 11 is 1.55. The highest BCUT2D eigenvalue weighted by atomic mass is 32.1. The Labute approximate surface area is 133 Å². The zero-order valence-electron chi connectivity index (χ0n) is 12.5. The molecule has 1 amide bonds. The van der Waals surface area contributed by atoms with E-state index in [0.717, 1.165) is 35.7 Å². The van der Waals surface area contributed by atoms with Gasteiger partial charge in [0, 0.05) is 17.5 Å². The molecular weight excluding hydrogens is 302 g/mol. The predicted octanol–water partition coefficient (Wildman–Crippen LogP) is 2.36. The van der Waals surface area contributed by atoms with Crippen LogP contribution < -0.4 is 5.32 Å². The van der Waals surface area contributed by atoms with Crippen LogP contribution in [-0.2, 0) is 11.2 Å². The van der Waals surface area contributed by atoms with E-state index in [-0.39, 0.29) is 12.5 Å². The maximum absolute atomic E-state index is 12.5. The first-order valence-electron chi connectivity index (χ1n) is 7.91. The van der Waals surface area contributed by atoms with Crippen LogP contribution in [0.1, 0.15) is 53.9 Å². The van der Waals surface area contributed by atoms with E-state index in [1.165, 1.54) is 24.2 Å². The number of hydrogen-bond donors (Lipinski definition) is 2. The third-order valence-corrected chi connectivity index (χ3v) is 5.32. The number of amides is 1. The van der Waals surface area contributed by atoms with Crippen molar-refractivity contribution in [1.82, 2.24) is 9.88 Å². The summed E-state index contributed by atoms with van der Waals surface area (Å²) in [6, 6.07) is 0.453. The number of nitrogens with zero attached hydrogens (tertiary/aromatic N) is 2. The molecule has 120 valence electrons. The lowest BCUT2D eigenvalue weighted by atomic mass is 9.96. The Morgan fingerprint density at radius 3 is 2.82 bits per heavy atom. The number of aryl methyl sites for hydroxylation is 1. The molecule has 1 fully saturated rings. The van der Waals surface area contributed by atoms with Crippen molar-refractivity contribution in [2.75, 3.05) is 18.4 Å². The van der Waals surface area contributed by atoms with E-state index in [0.29, 0.717) is 18.3 Å². The highest BCUT2D eigenvalue weighted by molar-refractivity contribution is 7.15. The minimum atomic E-state index is -0.979. The summed E-state index contributed by atoms with van der Waals surface area (Å²) in [6.07, 6.45) is 7.68. The Balaban J connectivity index is 1.74. The number of rotatable bonds is 4. The van der Waals surface area contributed by atoms with E-state index >= 15 is 0 Å². The minimum absolute atomic E-state index is 0.247. The van der Waals surface area contributed by atoms with Gasteiger partial charge < -0.3 is 15.3 Å². The standard InChI is InChI=1S/C15H21N3O3S/c19-12(20)9-18-8-4-7-11-13(14(18)21)17-15(22-11)16-10-5-2-1-3-6-10/h10H,1-9H2,(H,16,17)(H,19,20). The lowest BCUT2D eigenvalue weighted by Gasteiger charge is -2.22. The Morgan fingerprint density at radius 1 is 1.32 bits per heavy atom. The molecule has 0 aromatic carbocycles. The fraction of sp³-hybridized carbons (Fsp3) is 0.667. The van der Waals surface area contributed by atoms with Gasteiger partial charge >= 0.3 is 5.97 Å². The van der Waals surface area contributed by atoms with Crippen molar-refractivity contribution in [3.05, 3.63) is 10.6 Å². The van der Waals surface area contributed by atoms with E-state index in [9.17, 15) is 9.59 Å². The quantitative estimate of drug-likeness (QED) is 0.889. The highest BCUT2D eigenvalue weighted by Crippen LogP contribution is 2.30. The van der Waals surface area contributed by atoms with Crippen LogP contribution in [0.15, 0.2) is 0 Å². The van der Waals surface area contributed by atoms with Crippen LogP contribution >= 0.6 is 11.3 Å².